The zero-order valence-electron chi connectivity index (χ0n) is 10.8. The summed E-state index contributed by atoms with van der Waals surface area (Å²) in [6.07, 6.45) is 3.33. The van der Waals surface area contributed by atoms with E-state index in [0.29, 0.717) is 11.4 Å². The van der Waals surface area contributed by atoms with Gasteiger partial charge in [-0.25, -0.2) is 0 Å². The van der Waals surface area contributed by atoms with E-state index in [-0.39, 0.29) is 14.5 Å². The van der Waals surface area contributed by atoms with Crippen molar-refractivity contribution in [2.75, 3.05) is 0 Å². The summed E-state index contributed by atoms with van der Waals surface area (Å²) in [6.45, 7) is 6.91. The van der Waals surface area contributed by atoms with Gasteiger partial charge in [-0.05, 0) is 0 Å². The second kappa shape index (κ2) is 5.73. The Balaban J connectivity index is 1.92. The summed E-state index contributed by atoms with van der Waals surface area (Å²) in [5, 5.41) is 8.79. The van der Waals surface area contributed by atoms with Crippen LogP contribution in [0.15, 0.2) is 48.8 Å². The van der Waals surface area contributed by atoms with Crippen LogP contribution in [0.3, 0.4) is 0 Å². The van der Waals surface area contributed by atoms with Gasteiger partial charge in [0.05, 0.1) is 0 Å². The van der Waals surface area contributed by atoms with E-state index in [4.69, 9.17) is 11.8 Å². The molecule has 0 amide bonds. The molecular weight excluding hydrogens is 327 g/mol. The third-order valence-electron chi connectivity index (χ3n) is 2.90. The van der Waals surface area contributed by atoms with Crippen LogP contribution in [0.1, 0.15) is 5.56 Å². The first-order valence-corrected chi connectivity index (χ1v) is 7.82. The fraction of sp³-hybridized carbons (Fsp3) is 0. The molecular formula is C16H8N4Se. The van der Waals surface area contributed by atoms with Crippen molar-refractivity contribution in [3.8, 4) is 26.2 Å². The summed E-state index contributed by atoms with van der Waals surface area (Å²) in [5.41, 5.74) is 2.52. The monoisotopic (exact) mass is 336 g/mol. The quantitative estimate of drug-likeness (QED) is 0.533. The zero-order chi connectivity index (χ0) is 14.7. The molecule has 0 saturated heterocycles. The summed E-state index contributed by atoms with van der Waals surface area (Å²) in [5.74, 6) is 0.409. The zero-order valence-corrected chi connectivity index (χ0v) is 12.5. The molecule has 0 aliphatic carbocycles. The molecule has 0 atom stereocenters. The number of pyridine rings is 2. The first-order valence-electron chi connectivity index (χ1n) is 6.10. The molecule has 5 heteroatoms. The average Bonchev–Trinajstić information content (AvgIpc) is 3.05. The fourth-order valence-corrected chi connectivity index (χ4v) is 3.88. The van der Waals surface area contributed by atoms with Crippen molar-refractivity contribution in [2.24, 2.45) is 0 Å². The normalized spacial score (nSPS) is 9.81. The Morgan fingerprint density at radius 3 is 2.48 bits per heavy atom. The molecule has 3 rings (SSSR count). The third kappa shape index (κ3) is 2.75. The van der Waals surface area contributed by atoms with Gasteiger partial charge in [0.2, 0.25) is 0 Å². The van der Waals surface area contributed by atoms with E-state index in [2.05, 4.69) is 33.0 Å². The van der Waals surface area contributed by atoms with E-state index in [0.717, 1.165) is 11.3 Å². The molecule has 3 aromatic heterocycles. The van der Waals surface area contributed by atoms with Gasteiger partial charge < -0.3 is 0 Å². The minimum absolute atomic E-state index is 0.155. The van der Waals surface area contributed by atoms with Crippen LogP contribution >= 0.6 is 0 Å². The van der Waals surface area contributed by atoms with Crippen molar-refractivity contribution in [1.29, 1.82) is 5.26 Å². The van der Waals surface area contributed by atoms with Crippen molar-refractivity contribution >= 4 is 20.3 Å². The van der Waals surface area contributed by atoms with E-state index in [9.17, 15) is 0 Å². The summed E-state index contributed by atoms with van der Waals surface area (Å²) >= 11 is 0.155. The van der Waals surface area contributed by atoms with E-state index < -0.39 is 0 Å². The van der Waals surface area contributed by atoms with Crippen molar-refractivity contribution in [3.05, 3.63) is 65.8 Å². The van der Waals surface area contributed by atoms with Gasteiger partial charge in [0, 0.05) is 0 Å². The van der Waals surface area contributed by atoms with Crippen molar-refractivity contribution in [2.45, 2.75) is 0 Å². The standard InChI is InChI=1S/C16H8N4Se/c1-18-16-7-3-12(10-20-16)14-5-6-15(21-14)13-4-2-11(8-17)9-19-13/h2-7,9-10H. The molecule has 3 heterocycles. The van der Waals surface area contributed by atoms with Gasteiger partial charge in [0.1, 0.15) is 0 Å². The predicted octanol–water partition coefficient (Wildman–Crippen LogP) is 3.29. The molecule has 0 unspecified atom stereocenters. The van der Waals surface area contributed by atoms with Crippen LogP contribution in [-0.4, -0.2) is 24.5 Å². The van der Waals surface area contributed by atoms with Gasteiger partial charge in [-0.3, -0.25) is 0 Å². The first kappa shape index (κ1) is 13.3. The average molecular weight is 335 g/mol. The molecule has 0 saturated carbocycles. The molecule has 4 nitrogen and oxygen atoms in total. The fourth-order valence-electron chi connectivity index (χ4n) is 1.83. The summed E-state index contributed by atoms with van der Waals surface area (Å²) in [7, 11) is 0. The van der Waals surface area contributed by atoms with Gasteiger partial charge in [0.25, 0.3) is 0 Å². The van der Waals surface area contributed by atoms with E-state index >= 15 is 0 Å². The summed E-state index contributed by atoms with van der Waals surface area (Å²) in [6, 6.07) is 13.5. The van der Waals surface area contributed by atoms with Crippen LogP contribution in [-0.2, 0) is 0 Å². The van der Waals surface area contributed by atoms with E-state index in [1.807, 2.05) is 12.1 Å². The van der Waals surface area contributed by atoms with Crippen LogP contribution in [0.25, 0.3) is 25.0 Å². The van der Waals surface area contributed by atoms with Gasteiger partial charge in [-0.2, -0.15) is 0 Å². The molecule has 0 aliphatic heterocycles. The molecule has 0 spiro atoms. The van der Waals surface area contributed by atoms with E-state index in [1.54, 1.807) is 24.5 Å². The first-order chi connectivity index (χ1) is 10.3. The van der Waals surface area contributed by atoms with Crippen LogP contribution in [0.4, 0.5) is 5.82 Å². The second-order valence-electron chi connectivity index (χ2n) is 4.22. The Bertz CT molecular complexity index is 777. The summed E-state index contributed by atoms with van der Waals surface area (Å²) < 4.78 is 2.39. The maximum absolute atomic E-state index is 8.79. The summed E-state index contributed by atoms with van der Waals surface area (Å²) in [4.78, 5) is 11.7. The SMILES string of the molecule is [C-]#[N+]c1ccc(-c2ccc(-c3ccc(C#N)cn3)[se]2)cn1. The molecule has 0 aliphatic rings. The molecule has 98 valence electrons. The molecule has 0 N–H and O–H groups in total. The predicted molar refractivity (Wildman–Crippen MR) is 80.8 cm³/mol. The van der Waals surface area contributed by atoms with E-state index in [1.165, 1.54) is 8.87 Å². The Morgan fingerprint density at radius 2 is 1.86 bits per heavy atom. The third-order valence-corrected chi connectivity index (χ3v) is 5.33. The molecule has 0 radical (unpaired) electrons. The number of hydrogen-bond donors (Lipinski definition) is 0. The topological polar surface area (TPSA) is 53.9 Å². The minimum atomic E-state index is 0.155. The van der Waals surface area contributed by atoms with Crippen LogP contribution in [0.2, 0.25) is 0 Å². The van der Waals surface area contributed by atoms with Crippen LogP contribution in [0, 0.1) is 17.9 Å². The number of rotatable bonds is 2. The Kier molecular flexibility index (Phi) is 3.62. The Morgan fingerprint density at radius 1 is 1.00 bits per heavy atom. The van der Waals surface area contributed by atoms with Gasteiger partial charge in [0.15, 0.2) is 0 Å². The van der Waals surface area contributed by atoms with Gasteiger partial charge in [-0.1, -0.05) is 0 Å². The van der Waals surface area contributed by atoms with Crippen molar-refractivity contribution < 1.29 is 0 Å². The number of hydrogen-bond acceptors (Lipinski definition) is 3. The number of nitrogens with zero attached hydrogens (tertiary/aromatic N) is 4. The Hall–Kier alpha value is -2.72. The molecule has 21 heavy (non-hydrogen) atoms. The molecule has 3 aromatic rings. The number of aromatic nitrogens is 2. The Labute approximate surface area is 127 Å². The van der Waals surface area contributed by atoms with Crippen molar-refractivity contribution in [3.63, 3.8) is 0 Å². The van der Waals surface area contributed by atoms with Gasteiger partial charge >= 0.3 is 128 Å². The van der Waals surface area contributed by atoms with Gasteiger partial charge in [-0.15, -0.1) is 0 Å². The van der Waals surface area contributed by atoms with Crippen LogP contribution < -0.4 is 0 Å². The molecule has 0 aromatic carbocycles. The second-order valence-corrected chi connectivity index (χ2v) is 6.50. The van der Waals surface area contributed by atoms with Crippen LogP contribution in [0.5, 0.6) is 0 Å². The molecule has 0 fully saturated rings. The van der Waals surface area contributed by atoms with Crippen molar-refractivity contribution in [1.82, 2.24) is 9.97 Å². The molecule has 0 bridgehead atoms. The number of nitriles is 1. The maximum atomic E-state index is 8.79.